The van der Waals surface area contributed by atoms with Gasteiger partial charge in [-0.05, 0) is 46.3 Å². The SMILES string of the molecule is O=C(c1cc(Cl)ccc1Cl)c1cccc(Br)c1F. The first-order chi connectivity index (χ1) is 8.50. The van der Waals surface area contributed by atoms with E-state index in [-0.39, 0.29) is 20.6 Å². The third kappa shape index (κ3) is 2.58. The topological polar surface area (TPSA) is 17.1 Å². The van der Waals surface area contributed by atoms with Crippen LogP contribution in [0.15, 0.2) is 40.9 Å². The number of halogens is 4. The summed E-state index contributed by atoms with van der Waals surface area (Å²) in [6.07, 6.45) is 0. The van der Waals surface area contributed by atoms with Gasteiger partial charge in [0.25, 0.3) is 0 Å². The Kier molecular flexibility index (Phi) is 4.05. The van der Waals surface area contributed by atoms with Crippen LogP contribution in [-0.2, 0) is 0 Å². The Morgan fingerprint density at radius 1 is 1.11 bits per heavy atom. The van der Waals surface area contributed by atoms with Crippen molar-refractivity contribution in [2.45, 2.75) is 0 Å². The van der Waals surface area contributed by atoms with Crippen LogP contribution in [0.2, 0.25) is 10.0 Å². The van der Waals surface area contributed by atoms with Gasteiger partial charge in [0.1, 0.15) is 5.82 Å². The molecule has 0 aromatic heterocycles. The molecular weight excluding hydrogens is 342 g/mol. The largest absolute Gasteiger partial charge is 0.288 e. The van der Waals surface area contributed by atoms with Gasteiger partial charge < -0.3 is 0 Å². The Morgan fingerprint density at radius 3 is 2.56 bits per heavy atom. The highest BCUT2D eigenvalue weighted by molar-refractivity contribution is 9.10. The molecule has 18 heavy (non-hydrogen) atoms. The molecule has 2 rings (SSSR count). The Hall–Kier alpha value is -0.900. The van der Waals surface area contributed by atoms with Crippen molar-refractivity contribution >= 4 is 44.9 Å². The van der Waals surface area contributed by atoms with Crippen molar-refractivity contribution in [1.82, 2.24) is 0 Å². The number of carbonyl (C=O) groups excluding carboxylic acids is 1. The fourth-order valence-electron chi connectivity index (χ4n) is 1.50. The van der Waals surface area contributed by atoms with Crippen molar-refractivity contribution in [3.63, 3.8) is 0 Å². The lowest BCUT2D eigenvalue weighted by Gasteiger charge is -2.06. The molecule has 0 N–H and O–H groups in total. The monoisotopic (exact) mass is 346 g/mol. The maximum Gasteiger partial charge on any atom is 0.197 e. The van der Waals surface area contributed by atoms with Crippen molar-refractivity contribution in [3.05, 3.63) is 67.9 Å². The normalized spacial score (nSPS) is 10.4. The number of hydrogen-bond donors (Lipinski definition) is 0. The highest BCUT2D eigenvalue weighted by atomic mass is 79.9. The predicted octanol–water partition coefficient (Wildman–Crippen LogP) is 5.13. The zero-order chi connectivity index (χ0) is 13.3. The van der Waals surface area contributed by atoms with Crippen LogP contribution in [0.4, 0.5) is 4.39 Å². The second-order valence-electron chi connectivity index (χ2n) is 3.55. The molecule has 0 unspecified atom stereocenters. The quantitative estimate of drug-likeness (QED) is 0.688. The van der Waals surface area contributed by atoms with Crippen LogP contribution in [0.3, 0.4) is 0 Å². The van der Waals surface area contributed by atoms with E-state index in [0.717, 1.165) is 0 Å². The first-order valence-corrected chi connectivity index (χ1v) is 6.49. The summed E-state index contributed by atoms with van der Waals surface area (Å²) in [4.78, 5) is 12.2. The fourth-order valence-corrected chi connectivity index (χ4v) is 2.24. The lowest BCUT2D eigenvalue weighted by Crippen LogP contribution is -2.05. The maximum absolute atomic E-state index is 13.8. The van der Waals surface area contributed by atoms with Gasteiger partial charge in [-0.15, -0.1) is 0 Å². The van der Waals surface area contributed by atoms with E-state index in [0.29, 0.717) is 5.02 Å². The molecule has 0 radical (unpaired) electrons. The van der Waals surface area contributed by atoms with Crippen LogP contribution in [-0.4, -0.2) is 5.78 Å². The zero-order valence-electron chi connectivity index (χ0n) is 8.88. The van der Waals surface area contributed by atoms with Gasteiger partial charge in [0.2, 0.25) is 0 Å². The molecule has 2 aromatic rings. The summed E-state index contributed by atoms with van der Waals surface area (Å²) in [6.45, 7) is 0. The Bertz CT molecular complexity index is 624. The molecular formula is C13H6BrCl2FO. The van der Waals surface area contributed by atoms with E-state index >= 15 is 0 Å². The zero-order valence-corrected chi connectivity index (χ0v) is 12.0. The second-order valence-corrected chi connectivity index (χ2v) is 5.25. The lowest BCUT2D eigenvalue weighted by atomic mass is 10.0. The van der Waals surface area contributed by atoms with Gasteiger partial charge in [0.05, 0.1) is 15.1 Å². The summed E-state index contributed by atoms with van der Waals surface area (Å²) in [5.41, 5.74) is 0.134. The van der Waals surface area contributed by atoms with Crippen LogP contribution in [0.5, 0.6) is 0 Å². The smallest absolute Gasteiger partial charge is 0.197 e. The molecule has 0 saturated heterocycles. The minimum atomic E-state index is -0.612. The molecule has 0 aliphatic carbocycles. The molecule has 92 valence electrons. The molecule has 0 fully saturated rings. The first-order valence-electron chi connectivity index (χ1n) is 4.94. The molecule has 0 aliphatic rings. The summed E-state index contributed by atoms with van der Waals surface area (Å²) < 4.78 is 14.1. The molecule has 0 heterocycles. The van der Waals surface area contributed by atoms with Gasteiger partial charge in [-0.2, -0.15) is 0 Å². The number of hydrogen-bond acceptors (Lipinski definition) is 1. The summed E-state index contributed by atoms with van der Waals surface area (Å²) >= 11 is 14.8. The highest BCUT2D eigenvalue weighted by Gasteiger charge is 2.18. The van der Waals surface area contributed by atoms with Gasteiger partial charge in [0.15, 0.2) is 5.78 Å². The predicted molar refractivity (Wildman–Crippen MR) is 74.0 cm³/mol. The summed E-state index contributed by atoms with van der Waals surface area (Å²) in [7, 11) is 0. The van der Waals surface area contributed by atoms with E-state index < -0.39 is 11.6 Å². The molecule has 2 aromatic carbocycles. The van der Waals surface area contributed by atoms with Gasteiger partial charge in [0, 0.05) is 10.6 Å². The maximum atomic E-state index is 13.8. The van der Waals surface area contributed by atoms with Gasteiger partial charge >= 0.3 is 0 Å². The number of carbonyl (C=O) groups is 1. The molecule has 0 atom stereocenters. The average molecular weight is 348 g/mol. The van der Waals surface area contributed by atoms with Crippen LogP contribution in [0, 0.1) is 5.82 Å². The minimum absolute atomic E-state index is 0.0476. The first kappa shape index (κ1) is 13.5. The second kappa shape index (κ2) is 5.39. The summed E-state index contributed by atoms with van der Waals surface area (Å²) in [6, 6.07) is 9.00. The fraction of sp³-hybridized carbons (Fsp3) is 0. The van der Waals surface area contributed by atoms with Crippen molar-refractivity contribution in [2.24, 2.45) is 0 Å². The Morgan fingerprint density at radius 2 is 1.83 bits per heavy atom. The van der Waals surface area contributed by atoms with Crippen molar-refractivity contribution in [1.29, 1.82) is 0 Å². The van der Waals surface area contributed by atoms with Crippen molar-refractivity contribution in [3.8, 4) is 0 Å². The molecule has 0 saturated carbocycles. The molecule has 0 aliphatic heterocycles. The summed E-state index contributed by atoms with van der Waals surface area (Å²) in [5.74, 6) is -1.11. The third-order valence-corrected chi connectivity index (χ3v) is 3.55. The molecule has 0 amide bonds. The molecule has 0 bridgehead atoms. The average Bonchev–Trinajstić information content (AvgIpc) is 2.35. The number of ketones is 1. The van der Waals surface area contributed by atoms with E-state index in [9.17, 15) is 9.18 Å². The van der Waals surface area contributed by atoms with Gasteiger partial charge in [-0.3, -0.25) is 4.79 Å². The van der Waals surface area contributed by atoms with Gasteiger partial charge in [-0.25, -0.2) is 4.39 Å². The van der Waals surface area contributed by atoms with E-state index in [1.54, 1.807) is 12.1 Å². The minimum Gasteiger partial charge on any atom is -0.288 e. The van der Waals surface area contributed by atoms with Crippen LogP contribution < -0.4 is 0 Å². The number of benzene rings is 2. The van der Waals surface area contributed by atoms with Crippen LogP contribution in [0.25, 0.3) is 0 Å². The highest BCUT2D eigenvalue weighted by Crippen LogP contribution is 2.26. The van der Waals surface area contributed by atoms with Crippen molar-refractivity contribution < 1.29 is 9.18 Å². The van der Waals surface area contributed by atoms with Crippen LogP contribution >= 0.6 is 39.1 Å². The molecule has 5 heteroatoms. The van der Waals surface area contributed by atoms with Crippen LogP contribution in [0.1, 0.15) is 15.9 Å². The molecule has 0 spiro atoms. The van der Waals surface area contributed by atoms with E-state index in [4.69, 9.17) is 23.2 Å². The number of rotatable bonds is 2. The van der Waals surface area contributed by atoms with E-state index in [1.807, 2.05) is 0 Å². The van der Waals surface area contributed by atoms with Gasteiger partial charge in [-0.1, -0.05) is 29.3 Å². The standard InChI is InChI=1S/C13H6BrCl2FO/c14-10-3-1-2-8(12(10)17)13(18)9-6-7(15)4-5-11(9)16/h1-6H. The summed E-state index contributed by atoms with van der Waals surface area (Å²) in [5, 5.41) is 0.613. The van der Waals surface area contributed by atoms with E-state index in [1.165, 1.54) is 24.3 Å². The Balaban J connectivity index is 2.55. The Labute approximate surface area is 122 Å². The van der Waals surface area contributed by atoms with Crippen molar-refractivity contribution in [2.75, 3.05) is 0 Å². The van der Waals surface area contributed by atoms with E-state index in [2.05, 4.69) is 15.9 Å². The molecule has 1 nitrogen and oxygen atoms in total. The lowest BCUT2D eigenvalue weighted by molar-refractivity contribution is 0.103. The third-order valence-electron chi connectivity index (χ3n) is 2.37.